The Morgan fingerprint density at radius 1 is 1.50 bits per heavy atom. The SMILES string of the molecule is CC=C(C)C(=O)O.CCCCO. The molecule has 0 aromatic rings. The summed E-state index contributed by atoms with van der Waals surface area (Å²) in [7, 11) is 0. The summed E-state index contributed by atoms with van der Waals surface area (Å²) in [5.74, 6) is -0.845. The van der Waals surface area contributed by atoms with E-state index < -0.39 is 5.97 Å². The second kappa shape index (κ2) is 10.2. The van der Waals surface area contributed by atoms with Gasteiger partial charge in [-0.05, 0) is 20.3 Å². The van der Waals surface area contributed by atoms with Crippen LogP contribution in [0.5, 0.6) is 0 Å². The maximum atomic E-state index is 9.86. The van der Waals surface area contributed by atoms with E-state index in [2.05, 4.69) is 6.92 Å². The first-order chi connectivity index (χ1) is 5.59. The molecule has 0 saturated carbocycles. The van der Waals surface area contributed by atoms with Crippen LogP contribution in [0.2, 0.25) is 0 Å². The lowest BCUT2D eigenvalue weighted by Crippen LogP contribution is -1.93. The van der Waals surface area contributed by atoms with Gasteiger partial charge in [-0.2, -0.15) is 0 Å². The summed E-state index contributed by atoms with van der Waals surface area (Å²) in [6.07, 6.45) is 3.60. The van der Waals surface area contributed by atoms with Crippen molar-refractivity contribution < 1.29 is 15.0 Å². The van der Waals surface area contributed by atoms with Crippen LogP contribution in [0.3, 0.4) is 0 Å². The molecule has 0 aliphatic heterocycles. The van der Waals surface area contributed by atoms with E-state index in [0.717, 1.165) is 12.8 Å². The maximum absolute atomic E-state index is 9.86. The first-order valence-electron chi connectivity index (χ1n) is 4.07. The van der Waals surface area contributed by atoms with E-state index in [0.29, 0.717) is 12.2 Å². The van der Waals surface area contributed by atoms with Crippen molar-refractivity contribution in [2.75, 3.05) is 6.61 Å². The third kappa shape index (κ3) is 11.9. The van der Waals surface area contributed by atoms with Crippen molar-refractivity contribution in [3.05, 3.63) is 11.6 Å². The van der Waals surface area contributed by atoms with Crippen molar-refractivity contribution in [3.8, 4) is 0 Å². The number of hydrogen-bond acceptors (Lipinski definition) is 2. The Kier molecular flexibility index (Phi) is 11.6. The minimum Gasteiger partial charge on any atom is -0.478 e. The Hall–Kier alpha value is -0.830. The van der Waals surface area contributed by atoms with Crippen LogP contribution >= 0.6 is 0 Å². The van der Waals surface area contributed by atoms with Crippen LogP contribution < -0.4 is 0 Å². The van der Waals surface area contributed by atoms with Gasteiger partial charge in [0.1, 0.15) is 0 Å². The zero-order chi connectivity index (χ0) is 9.98. The molecule has 0 rings (SSSR count). The van der Waals surface area contributed by atoms with Gasteiger partial charge in [-0.15, -0.1) is 0 Å². The van der Waals surface area contributed by atoms with Crippen LogP contribution in [0.25, 0.3) is 0 Å². The van der Waals surface area contributed by atoms with Crippen molar-refractivity contribution in [2.45, 2.75) is 33.6 Å². The average molecular weight is 174 g/mol. The van der Waals surface area contributed by atoms with Crippen molar-refractivity contribution >= 4 is 5.97 Å². The van der Waals surface area contributed by atoms with Gasteiger partial charge in [0.25, 0.3) is 0 Å². The number of hydrogen-bond donors (Lipinski definition) is 2. The fourth-order valence-corrected chi connectivity index (χ4v) is 0.282. The molecule has 0 fully saturated rings. The Labute approximate surface area is 73.7 Å². The number of aliphatic hydroxyl groups is 1. The largest absolute Gasteiger partial charge is 0.478 e. The molecule has 0 spiro atoms. The molecule has 0 saturated heterocycles. The highest BCUT2D eigenvalue weighted by Gasteiger charge is 1.93. The Morgan fingerprint density at radius 3 is 2.00 bits per heavy atom. The van der Waals surface area contributed by atoms with Gasteiger partial charge in [0.05, 0.1) is 0 Å². The van der Waals surface area contributed by atoms with Crippen LogP contribution in [0.1, 0.15) is 33.6 Å². The topological polar surface area (TPSA) is 57.5 Å². The molecular formula is C9H18O3. The molecule has 0 bridgehead atoms. The van der Waals surface area contributed by atoms with Crippen LogP contribution in [0, 0.1) is 0 Å². The van der Waals surface area contributed by atoms with E-state index in [1.807, 2.05) is 0 Å². The number of carbonyl (C=O) groups is 1. The third-order valence-corrected chi connectivity index (χ3v) is 1.28. The first-order valence-corrected chi connectivity index (χ1v) is 4.07. The standard InChI is InChI=1S/C5H8O2.C4H10O/c1-3-4(2)5(6)7;1-2-3-4-5/h3H,1-2H3,(H,6,7);5H,2-4H2,1H3. The highest BCUT2D eigenvalue weighted by atomic mass is 16.4. The molecule has 0 aliphatic carbocycles. The molecule has 12 heavy (non-hydrogen) atoms. The van der Waals surface area contributed by atoms with Gasteiger partial charge in [-0.25, -0.2) is 4.79 Å². The zero-order valence-corrected chi connectivity index (χ0v) is 8.00. The Bertz CT molecular complexity index is 137. The second-order valence-corrected chi connectivity index (χ2v) is 2.35. The van der Waals surface area contributed by atoms with Gasteiger partial charge in [-0.3, -0.25) is 0 Å². The smallest absolute Gasteiger partial charge is 0.330 e. The number of unbranched alkanes of at least 4 members (excludes halogenated alkanes) is 1. The Morgan fingerprint density at radius 2 is 2.00 bits per heavy atom. The van der Waals surface area contributed by atoms with Gasteiger partial charge in [0.2, 0.25) is 0 Å². The average Bonchev–Trinajstić information content (AvgIpc) is 2.05. The molecule has 0 aromatic heterocycles. The summed E-state index contributed by atoms with van der Waals surface area (Å²) >= 11 is 0. The highest BCUT2D eigenvalue weighted by Crippen LogP contribution is 1.87. The van der Waals surface area contributed by atoms with Crippen molar-refractivity contribution in [1.82, 2.24) is 0 Å². The molecule has 0 aliphatic rings. The lowest BCUT2D eigenvalue weighted by Gasteiger charge is -1.84. The van der Waals surface area contributed by atoms with Crippen molar-refractivity contribution in [2.24, 2.45) is 0 Å². The van der Waals surface area contributed by atoms with Gasteiger partial charge in [0, 0.05) is 12.2 Å². The van der Waals surface area contributed by atoms with Crippen LogP contribution in [-0.2, 0) is 4.79 Å². The number of aliphatic hydroxyl groups excluding tert-OH is 1. The molecule has 0 unspecified atom stereocenters. The lowest BCUT2D eigenvalue weighted by atomic mass is 10.3. The monoisotopic (exact) mass is 174 g/mol. The van der Waals surface area contributed by atoms with Crippen LogP contribution in [0.4, 0.5) is 0 Å². The fourth-order valence-electron chi connectivity index (χ4n) is 0.282. The normalized spacial score (nSPS) is 10.2. The number of aliphatic carboxylic acids is 1. The quantitative estimate of drug-likeness (QED) is 0.641. The number of carboxylic acid groups (broad SMARTS) is 1. The van der Waals surface area contributed by atoms with Crippen molar-refractivity contribution in [3.63, 3.8) is 0 Å². The predicted octanol–water partition coefficient (Wildman–Crippen LogP) is 1.82. The summed E-state index contributed by atoms with van der Waals surface area (Å²) < 4.78 is 0. The summed E-state index contributed by atoms with van der Waals surface area (Å²) in [5.41, 5.74) is 0.389. The molecular weight excluding hydrogens is 156 g/mol. The third-order valence-electron chi connectivity index (χ3n) is 1.28. The number of allylic oxidation sites excluding steroid dienone is 1. The second-order valence-electron chi connectivity index (χ2n) is 2.35. The molecule has 0 atom stereocenters. The van der Waals surface area contributed by atoms with Gasteiger partial charge in [0.15, 0.2) is 0 Å². The summed E-state index contributed by atoms with van der Waals surface area (Å²) in [6.45, 7) is 5.65. The van der Waals surface area contributed by atoms with Crippen molar-refractivity contribution in [1.29, 1.82) is 0 Å². The van der Waals surface area contributed by atoms with E-state index in [9.17, 15) is 4.79 Å². The van der Waals surface area contributed by atoms with E-state index >= 15 is 0 Å². The fraction of sp³-hybridized carbons (Fsp3) is 0.667. The van der Waals surface area contributed by atoms with Crippen LogP contribution in [-0.4, -0.2) is 22.8 Å². The van der Waals surface area contributed by atoms with E-state index in [1.165, 1.54) is 0 Å². The van der Waals surface area contributed by atoms with E-state index in [1.54, 1.807) is 19.9 Å². The molecule has 72 valence electrons. The maximum Gasteiger partial charge on any atom is 0.330 e. The zero-order valence-electron chi connectivity index (χ0n) is 8.00. The molecule has 0 heterocycles. The van der Waals surface area contributed by atoms with Crippen LogP contribution in [0.15, 0.2) is 11.6 Å². The molecule has 3 heteroatoms. The molecule has 0 amide bonds. The molecule has 3 nitrogen and oxygen atoms in total. The Balaban J connectivity index is 0. The molecule has 0 radical (unpaired) electrons. The number of rotatable bonds is 3. The highest BCUT2D eigenvalue weighted by molar-refractivity contribution is 5.85. The minimum atomic E-state index is -0.845. The summed E-state index contributed by atoms with van der Waals surface area (Å²) in [5, 5.41) is 16.2. The predicted molar refractivity (Wildman–Crippen MR) is 49.1 cm³/mol. The van der Waals surface area contributed by atoms with Gasteiger partial charge >= 0.3 is 5.97 Å². The lowest BCUT2D eigenvalue weighted by molar-refractivity contribution is -0.132. The summed E-state index contributed by atoms with van der Waals surface area (Å²) in [4.78, 5) is 9.86. The van der Waals surface area contributed by atoms with E-state index in [4.69, 9.17) is 10.2 Å². The van der Waals surface area contributed by atoms with E-state index in [-0.39, 0.29) is 0 Å². The van der Waals surface area contributed by atoms with Gasteiger partial charge in [-0.1, -0.05) is 19.4 Å². The number of carboxylic acids is 1. The minimum absolute atomic E-state index is 0.344. The molecule has 0 aromatic carbocycles. The summed E-state index contributed by atoms with van der Waals surface area (Å²) in [6, 6.07) is 0. The van der Waals surface area contributed by atoms with Gasteiger partial charge < -0.3 is 10.2 Å². The first kappa shape index (κ1) is 13.7. The molecule has 2 N–H and O–H groups in total.